The Balaban J connectivity index is 0.938. The zero-order chi connectivity index (χ0) is 41.0. The summed E-state index contributed by atoms with van der Waals surface area (Å²) >= 11 is 0. The second-order valence-corrected chi connectivity index (χ2v) is 15.9. The van der Waals surface area contributed by atoms with Crippen LogP contribution < -0.4 is 0 Å². The van der Waals surface area contributed by atoms with Crippen molar-refractivity contribution in [1.29, 1.82) is 0 Å². The van der Waals surface area contributed by atoms with Crippen molar-refractivity contribution in [3.05, 3.63) is 231 Å². The van der Waals surface area contributed by atoms with Crippen LogP contribution in [-0.2, 0) is 0 Å². The summed E-state index contributed by atoms with van der Waals surface area (Å²) in [7, 11) is 0. The molecule has 0 aliphatic rings. The average Bonchev–Trinajstić information content (AvgIpc) is 3.87. The highest BCUT2D eigenvalue weighted by Gasteiger charge is 2.17. The molecule has 0 unspecified atom stereocenters. The number of para-hydroxylation sites is 3. The Hall–Kier alpha value is -8.34. The van der Waals surface area contributed by atoms with E-state index in [9.17, 15) is 0 Å². The van der Waals surface area contributed by atoms with Gasteiger partial charge in [-0.05, 0) is 112 Å². The number of aromatic nitrogens is 4. The van der Waals surface area contributed by atoms with Crippen molar-refractivity contribution in [1.82, 2.24) is 19.1 Å². The van der Waals surface area contributed by atoms with Gasteiger partial charge < -0.3 is 9.13 Å². The van der Waals surface area contributed by atoms with E-state index in [0.717, 1.165) is 50.2 Å². The molecule has 0 bridgehead atoms. The molecule has 0 amide bonds. The van der Waals surface area contributed by atoms with Gasteiger partial charge in [0, 0.05) is 56.4 Å². The van der Waals surface area contributed by atoms with Gasteiger partial charge in [-0.1, -0.05) is 146 Å². The fraction of sp³-hybridized carbons (Fsp3) is 0. The molecule has 0 spiro atoms. The molecule has 4 heteroatoms. The summed E-state index contributed by atoms with van der Waals surface area (Å²) in [6.45, 7) is 0. The van der Waals surface area contributed by atoms with Gasteiger partial charge in [0.1, 0.15) is 0 Å². The first-order valence-corrected chi connectivity index (χ1v) is 21.0. The highest BCUT2D eigenvalue weighted by atomic mass is 15.0. The lowest BCUT2D eigenvalue weighted by molar-refractivity contribution is 1.15. The van der Waals surface area contributed by atoms with E-state index in [0.29, 0.717) is 5.82 Å². The molecule has 12 aromatic rings. The Morgan fingerprint density at radius 2 is 0.710 bits per heavy atom. The van der Waals surface area contributed by atoms with Gasteiger partial charge in [-0.2, -0.15) is 0 Å². The summed E-state index contributed by atoms with van der Waals surface area (Å²) in [4.78, 5) is 9.95. The minimum absolute atomic E-state index is 0.683. The van der Waals surface area contributed by atoms with Crippen LogP contribution in [0.2, 0.25) is 0 Å². The molecule has 4 nitrogen and oxygen atoms in total. The molecule has 0 aliphatic carbocycles. The summed E-state index contributed by atoms with van der Waals surface area (Å²) in [5.74, 6) is 0.683. The van der Waals surface area contributed by atoms with Crippen LogP contribution in [0.15, 0.2) is 231 Å². The molecule has 0 N–H and O–H groups in total. The summed E-state index contributed by atoms with van der Waals surface area (Å²) in [5.41, 5.74) is 16.9. The first-order valence-electron chi connectivity index (χ1n) is 21.0. The highest BCUT2D eigenvalue weighted by molar-refractivity contribution is 6.12. The Labute approximate surface area is 359 Å². The van der Waals surface area contributed by atoms with E-state index < -0.39 is 0 Å². The van der Waals surface area contributed by atoms with Crippen LogP contribution in [0, 0.1) is 0 Å². The highest BCUT2D eigenvalue weighted by Crippen LogP contribution is 2.39. The predicted octanol–water partition coefficient (Wildman–Crippen LogP) is 15.0. The first kappa shape index (κ1) is 35.6. The largest absolute Gasteiger partial charge is 0.309 e. The molecular weight excluding hydrogens is 753 g/mol. The van der Waals surface area contributed by atoms with Crippen LogP contribution >= 0.6 is 0 Å². The maximum Gasteiger partial charge on any atom is 0.159 e. The molecule has 3 heterocycles. The summed E-state index contributed by atoms with van der Waals surface area (Å²) in [5, 5.41) is 4.91. The Morgan fingerprint density at radius 3 is 1.37 bits per heavy atom. The molecule has 0 saturated carbocycles. The van der Waals surface area contributed by atoms with E-state index in [-0.39, 0.29) is 0 Å². The molecule has 12 rings (SSSR count). The third-order valence-electron chi connectivity index (χ3n) is 12.2. The topological polar surface area (TPSA) is 35.6 Å². The summed E-state index contributed by atoms with van der Waals surface area (Å²) < 4.78 is 4.75. The van der Waals surface area contributed by atoms with Gasteiger partial charge in [-0.25, -0.2) is 9.97 Å². The maximum atomic E-state index is 4.98. The van der Waals surface area contributed by atoms with Crippen molar-refractivity contribution in [2.45, 2.75) is 0 Å². The zero-order valence-corrected chi connectivity index (χ0v) is 33.7. The lowest BCUT2D eigenvalue weighted by atomic mass is 9.94. The third kappa shape index (κ3) is 6.08. The van der Waals surface area contributed by atoms with E-state index in [2.05, 4.69) is 228 Å². The zero-order valence-electron chi connectivity index (χ0n) is 33.7. The van der Waals surface area contributed by atoms with Crippen LogP contribution in [0.5, 0.6) is 0 Å². The Kier molecular flexibility index (Phi) is 8.46. The lowest BCUT2D eigenvalue weighted by Gasteiger charge is -2.12. The van der Waals surface area contributed by atoms with Crippen LogP contribution in [-0.4, -0.2) is 19.1 Å². The maximum absolute atomic E-state index is 4.98. The van der Waals surface area contributed by atoms with E-state index in [1.165, 1.54) is 54.8 Å². The molecule has 0 saturated heterocycles. The summed E-state index contributed by atoms with van der Waals surface area (Å²) in [6, 6.07) is 78.2. The van der Waals surface area contributed by atoms with Crippen molar-refractivity contribution < 1.29 is 0 Å². The molecule has 3 aromatic heterocycles. The molecular formula is C58H38N4. The molecule has 0 radical (unpaired) electrons. The minimum atomic E-state index is 0.683. The van der Waals surface area contributed by atoms with E-state index in [1.54, 1.807) is 0 Å². The van der Waals surface area contributed by atoms with Crippen molar-refractivity contribution in [3.8, 4) is 67.3 Å². The third-order valence-corrected chi connectivity index (χ3v) is 12.2. The van der Waals surface area contributed by atoms with Crippen LogP contribution in [0.25, 0.3) is 111 Å². The quantitative estimate of drug-likeness (QED) is 0.161. The van der Waals surface area contributed by atoms with Gasteiger partial charge in [-0.15, -0.1) is 0 Å². The van der Waals surface area contributed by atoms with Crippen LogP contribution in [0.1, 0.15) is 0 Å². The lowest BCUT2D eigenvalue weighted by Crippen LogP contribution is -1.96. The van der Waals surface area contributed by atoms with Crippen molar-refractivity contribution in [2.24, 2.45) is 0 Å². The van der Waals surface area contributed by atoms with Crippen LogP contribution in [0.4, 0.5) is 0 Å². The smallest absolute Gasteiger partial charge is 0.159 e. The average molecular weight is 791 g/mol. The van der Waals surface area contributed by atoms with Gasteiger partial charge >= 0.3 is 0 Å². The molecule has 62 heavy (non-hydrogen) atoms. The second-order valence-electron chi connectivity index (χ2n) is 15.9. The normalized spacial score (nSPS) is 11.5. The van der Waals surface area contributed by atoms with E-state index >= 15 is 0 Å². The van der Waals surface area contributed by atoms with E-state index in [4.69, 9.17) is 9.97 Å². The molecule has 0 atom stereocenters. The van der Waals surface area contributed by atoms with Crippen molar-refractivity contribution in [3.63, 3.8) is 0 Å². The molecule has 9 aromatic carbocycles. The monoisotopic (exact) mass is 790 g/mol. The second kappa shape index (κ2) is 14.7. The summed E-state index contributed by atoms with van der Waals surface area (Å²) in [6.07, 6.45) is 3.91. The van der Waals surface area contributed by atoms with Gasteiger partial charge in [-0.3, -0.25) is 0 Å². The van der Waals surface area contributed by atoms with Crippen molar-refractivity contribution in [2.75, 3.05) is 0 Å². The first-order chi connectivity index (χ1) is 30.7. The fourth-order valence-corrected chi connectivity index (χ4v) is 9.24. The fourth-order valence-electron chi connectivity index (χ4n) is 9.24. The molecule has 290 valence electrons. The number of hydrogen-bond donors (Lipinski definition) is 0. The van der Waals surface area contributed by atoms with Gasteiger partial charge in [0.05, 0.1) is 22.1 Å². The number of rotatable bonds is 7. The Morgan fingerprint density at radius 1 is 0.242 bits per heavy atom. The van der Waals surface area contributed by atoms with Crippen molar-refractivity contribution >= 4 is 43.6 Å². The number of hydrogen-bond acceptors (Lipinski definition) is 2. The number of benzene rings is 9. The number of fused-ring (bicyclic) bond motifs is 6. The van der Waals surface area contributed by atoms with Crippen LogP contribution in [0.3, 0.4) is 0 Å². The molecule has 0 aliphatic heterocycles. The van der Waals surface area contributed by atoms with E-state index in [1.807, 2.05) is 12.4 Å². The molecule has 0 fully saturated rings. The standard InChI is InChI=1S/C58H38N4/c1-4-15-39(16-5-1)44-31-45(40-17-6-2-7-18-40)33-46(32-44)47-37-59-58(60-38-47)43-19-14-22-49(34-43)62-54-25-12-10-23-50(54)52-29-27-42(36-57(52)62)41-28-30-56-53(35-41)51-24-11-13-26-55(51)61(56)48-20-8-3-9-21-48/h1-38H. The Bertz CT molecular complexity index is 3550. The predicted molar refractivity (Wildman–Crippen MR) is 258 cm³/mol. The SMILES string of the molecule is c1ccc(-c2cc(-c3ccccc3)cc(-c3cnc(-c4cccc(-n5c6ccccc6c6ccc(-c7ccc8c(c7)c7ccccc7n8-c7ccccc7)cc65)c4)nc3)c2)cc1. The minimum Gasteiger partial charge on any atom is -0.309 e. The van der Waals surface area contributed by atoms with Gasteiger partial charge in [0.15, 0.2) is 5.82 Å². The van der Waals surface area contributed by atoms with Gasteiger partial charge in [0.25, 0.3) is 0 Å². The van der Waals surface area contributed by atoms with Gasteiger partial charge in [0.2, 0.25) is 0 Å². The number of nitrogens with zero attached hydrogens (tertiary/aromatic N) is 4.